The summed E-state index contributed by atoms with van der Waals surface area (Å²) in [6, 6.07) is 9.76. The molecular formula is C15H14N2O3. The number of amides is 1. The topological polar surface area (TPSA) is 73.4 Å². The van der Waals surface area contributed by atoms with E-state index in [4.69, 9.17) is 5.11 Å². The minimum absolute atomic E-state index is 0.112. The zero-order chi connectivity index (χ0) is 14.1. The molecule has 1 aliphatic rings. The summed E-state index contributed by atoms with van der Waals surface area (Å²) >= 11 is 0. The Bertz CT molecular complexity index is 661. The van der Waals surface area contributed by atoms with Crippen molar-refractivity contribution in [2.24, 2.45) is 0 Å². The lowest BCUT2D eigenvalue weighted by molar-refractivity contribution is 0.0689. The van der Waals surface area contributed by atoms with Crippen LogP contribution < -0.4 is 0 Å². The number of nitrogens with zero attached hydrogens (tertiary/aromatic N) is 1. The molecule has 1 amide bonds. The molecule has 0 saturated carbocycles. The van der Waals surface area contributed by atoms with Crippen LogP contribution >= 0.6 is 0 Å². The third-order valence-corrected chi connectivity index (χ3v) is 3.57. The maximum atomic E-state index is 12.4. The van der Waals surface area contributed by atoms with E-state index in [2.05, 4.69) is 4.98 Å². The van der Waals surface area contributed by atoms with E-state index < -0.39 is 5.97 Å². The minimum Gasteiger partial charge on any atom is -0.477 e. The molecule has 0 unspecified atom stereocenters. The molecule has 0 bridgehead atoms. The van der Waals surface area contributed by atoms with Crippen LogP contribution in [0.2, 0.25) is 0 Å². The summed E-state index contributed by atoms with van der Waals surface area (Å²) in [5, 5.41) is 9.06. The second kappa shape index (κ2) is 4.85. The molecule has 0 saturated heterocycles. The van der Waals surface area contributed by atoms with Crippen molar-refractivity contribution < 1.29 is 14.7 Å². The molecule has 1 aromatic carbocycles. The molecule has 2 N–H and O–H groups in total. The Morgan fingerprint density at radius 3 is 2.75 bits per heavy atom. The molecule has 5 nitrogen and oxygen atoms in total. The van der Waals surface area contributed by atoms with Crippen LogP contribution in [0.3, 0.4) is 0 Å². The number of aromatic amines is 1. The van der Waals surface area contributed by atoms with E-state index in [0.717, 1.165) is 5.56 Å². The van der Waals surface area contributed by atoms with Gasteiger partial charge in [-0.2, -0.15) is 0 Å². The first-order valence-electron chi connectivity index (χ1n) is 6.43. The zero-order valence-electron chi connectivity index (χ0n) is 10.8. The number of aromatic nitrogens is 1. The monoisotopic (exact) mass is 270 g/mol. The number of carboxylic acid groups (broad SMARTS) is 1. The van der Waals surface area contributed by atoms with Gasteiger partial charge >= 0.3 is 5.97 Å². The van der Waals surface area contributed by atoms with Crippen molar-refractivity contribution >= 4 is 11.9 Å². The van der Waals surface area contributed by atoms with E-state index in [1.165, 1.54) is 6.20 Å². The van der Waals surface area contributed by atoms with E-state index in [1.807, 2.05) is 30.3 Å². The summed E-state index contributed by atoms with van der Waals surface area (Å²) in [4.78, 5) is 27.9. The number of hydrogen-bond donors (Lipinski definition) is 2. The van der Waals surface area contributed by atoms with Crippen molar-refractivity contribution in [3.63, 3.8) is 0 Å². The van der Waals surface area contributed by atoms with Crippen LogP contribution in [0.1, 0.15) is 32.0 Å². The highest BCUT2D eigenvalue weighted by Crippen LogP contribution is 2.23. The van der Waals surface area contributed by atoms with E-state index in [9.17, 15) is 9.59 Å². The molecular weight excluding hydrogens is 256 g/mol. The van der Waals surface area contributed by atoms with Crippen LogP contribution in [0.25, 0.3) is 0 Å². The lowest BCUT2D eigenvalue weighted by atomic mass is 10.0. The average Bonchev–Trinajstić information content (AvgIpc) is 2.88. The van der Waals surface area contributed by atoms with Gasteiger partial charge in [-0.25, -0.2) is 4.79 Å². The van der Waals surface area contributed by atoms with E-state index in [0.29, 0.717) is 30.6 Å². The third-order valence-electron chi connectivity index (χ3n) is 3.57. The Labute approximate surface area is 115 Å². The largest absolute Gasteiger partial charge is 0.477 e. The molecule has 102 valence electrons. The zero-order valence-corrected chi connectivity index (χ0v) is 10.8. The quantitative estimate of drug-likeness (QED) is 0.894. The van der Waals surface area contributed by atoms with Crippen molar-refractivity contribution in [3.8, 4) is 0 Å². The molecule has 0 spiro atoms. The van der Waals surface area contributed by atoms with Gasteiger partial charge in [0.1, 0.15) is 5.69 Å². The number of carbonyl (C=O) groups is 2. The number of carboxylic acids is 1. The lowest BCUT2D eigenvalue weighted by Crippen LogP contribution is -2.36. The van der Waals surface area contributed by atoms with Crippen LogP contribution in [0, 0.1) is 0 Å². The Balaban J connectivity index is 1.85. The third kappa shape index (κ3) is 2.07. The van der Waals surface area contributed by atoms with E-state index >= 15 is 0 Å². The van der Waals surface area contributed by atoms with Gasteiger partial charge in [0, 0.05) is 19.3 Å². The van der Waals surface area contributed by atoms with Gasteiger partial charge in [0.25, 0.3) is 5.91 Å². The van der Waals surface area contributed by atoms with Gasteiger partial charge in [-0.1, -0.05) is 30.3 Å². The van der Waals surface area contributed by atoms with Gasteiger partial charge in [0.15, 0.2) is 0 Å². The Kier molecular flexibility index (Phi) is 3.02. The first kappa shape index (κ1) is 12.5. The highest BCUT2D eigenvalue weighted by Gasteiger charge is 2.29. The number of nitrogens with one attached hydrogen (secondary N) is 1. The number of H-pyrrole nitrogens is 1. The predicted molar refractivity (Wildman–Crippen MR) is 72.6 cm³/mol. The molecule has 2 heterocycles. The van der Waals surface area contributed by atoms with E-state index in [-0.39, 0.29) is 11.6 Å². The van der Waals surface area contributed by atoms with Crippen molar-refractivity contribution in [1.29, 1.82) is 0 Å². The average molecular weight is 270 g/mol. The normalized spacial score (nSPS) is 14.2. The van der Waals surface area contributed by atoms with Crippen LogP contribution in [0.15, 0.2) is 36.5 Å². The van der Waals surface area contributed by atoms with Crippen molar-refractivity contribution in [2.75, 3.05) is 6.54 Å². The fourth-order valence-corrected chi connectivity index (χ4v) is 2.57. The van der Waals surface area contributed by atoms with Gasteiger partial charge in [-0.15, -0.1) is 0 Å². The number of hydrogen-bond acceptors (Lipinski definition) is 2. The first-order valence-corrected chi connectivity index (χ1v) is 6.43. The minimum atomic E-state index is -1.02. The second-order valence-corrected chi connectivity index (χ2v) is 4.82. The summed E-state index contributed by atoms with van der Waals surface area (Å²) < 4.78 is 0. The van der Waals surface area contributed by atoms with Crippen molar-refractivity contribution in [2.45, 2.75) is 13.0 Å². The van der Waals surface area contributed by atoms with Crippen molar-refractivity contribution in [1.82, 2.24) is 9.88 Å². The fourth-order valence-electron chi connectivity index (χ4n) is 2.57. The number of rotatable bonds is 3. The number of aromatic carboxylic acids is 1. The molecule has 0 radical (unpaired) electrons. The molecule has 20 heavy (non-hydrogen) atoms. The molecule has 1 aliphatic heterocycles. The van der Waals surface area contributed by atoms with Crippen molar-refractivity contribution in [3.05, 3.63) is 58.9 Å². The van der Waals surface area contributed by atoms with Gasteiger partial charge in [0.2, 0.25) is 0 Å². The highest BCUT2D eigenvalue weighted by atomic mass is 16.4. The fraction of sp³-hybridized carbons (Fsp3) is 0.200. The Morgan fingerprint density at radius 2 is 2.05 bits per heavy atom. The van der Waals surface area contributed by atoms with Crippen LogP contribution in [-0.2, 0) is 13.0 Å². The summed E-state index contributed by atoms with van der Waals surface area (Å²) in [6.07, 6.45) is 2.07. The lowest BCUT2D eigenvalue weighted by Gasteiger charge is -2.27. The number of fused-ring (bicyclic) bond motifs is 1. The summed E-state index contributed by atoms with van der Waals surface area (Å²) in [5.41, 5.74) is 2.29. The van der Waals surface area contributed by atoms with Gasteiger partial charge in [-0.05, 0) is 17.5 Å². The molecule has 0 aliphatic carbocycles. The Hall–Kier alpha value is -2.56. The van der Waals surface area contributed by atoms with Crippen LogP contribution in [-0.4, -0.2) is 33.4 Å². The number of benzene rings is 1. The maximum absolute atomic E-state index is 12.4. The highest BCUT2D eigenvalue weighted by molar-refractivity contribution is 6.00. The van der Waals surface area contributed by atoms with E-state index in [1.54, 1.807) is 4.90 Å². The molecule has 0 fully saturated rings. The Morgan fingerprint density at radius 1 is 1.30 bits per heavy atom. The van der Waals surface area contributed by atoms with Crippen LogP contribution in [0.4, 0.5) is 0 Å². The number of carbonyl (C=O) groups excluding carboxylic acids is 1. The summed E-state index contributed by atoms with van der Waals surface area (Å²) in [6.45, 7) is 1.09. The molecule has 2 aromatic rings. The maximum Gasteiger partial charge on any atom is 0.352 e. The first-order chi connectivity index (χ1) is 9.66. The smallest absolute Gasteiger partial charge is 0.352 e. The molecule has 5 heteroatoms. The molecule has 0 atom stereocenters. The van der Waals surface area contributed by atoms with Crippen LogP contribution in [0.5, 0.6) is 0 Å². The summed E-state index contributed by atoms with van der Waals surface area (Å²) in [7, 11) is 0. The molecule has 3 rings (SSSR count). The van der Waals surface area contributed by atoms with Gasteiger partial charge in [-0.3, -0.25) is 4.79 Å². The molecule has 1 aromatic heterocycles. The van der Waals surface area contributed by atoms with Gasteiger partial charge in [0.05, 0.1) is 5.56 Å². The van der Waals surface area contributed by atoms with Gasteiger partial charge < -0.3 is 15.0 Å². The summed E-state index contributed by atoms with van der Waals surface area (Å²) in [5.74, 6) is -1.13. The predicted octanol–water partition coefficient (Wildman–Crippen LogP) is 1.91. The SMILES string of the molecule is O=C(O)c1[nH]cc2c1CCN(Cc1ccccc1)C2=O. The standard InChI is InChI=1S/C15H14N2O3/c18-14-12-8-16-13(15(19)20)11(12)6-7-17(14)9-10-4-2-1-3-5-10/h1-5,8,16H,6-7,9H2,(H,19,20). The second-order valence-electron chi connectivity index (χ2n) is 4.82.